The molecule has 2 aromatic rings. The minimum absolute atomic E-state index is 0.00170. The number of nitrogens with one attached hydrogen (secondary N) is 2. The van der Waals surface area contributed by atoms with E-state index in [0.29, 0.717) is 6.42 Å². The molecular weight excluding hydrogens is 567 g/mol. The molecule has 0 bridgehead atoms. The minimum atomic E-state index is -3.13. The largest absolute Gasteiger partial charge is 0.444 e. The number of aromatic nitrogens is 3. The van der Waals surface area contributed by atoms with Gasteiger partial charge in [-0.3, -0.25) is 15.1 Å². The third-order valence-electron chi connectivity index (χ3n) is 6.59. The maximum atomic E-state index is 15.4. The van der Waals surface area contributed by atoms with E-state index in [4.69, 9.17) is 9.73 Å². The van der Waals surface area contributed by atoms with Crippen molar-refractivity contribution >= 4 is 33.4 Å². The number of fused-ring (bicyclic) bond motifs is 1. The number of hydrogen-bond acceptors (Lipinski definition) is 10. The lowest BCUT2D eigenvalue weighted by Gasteiger charge is -2.44. The standard InChI is InChI=1S/C25H30F3N7O5S/c1-23(2,3)40-22(37)34-20-24(4,5)41(38)15(9-10-31-41)25(6,35-20)18-13(26)7-8-16(32-18)33-19(36)14-11-30-17(12-29-14)39-21(27)28/h7-8,11-12,15,21H,9-10H2,1-6H3,(H,32,33,36)(H,34,35,37)/t15-,25-,41+/m0/s1. The van der Waals surface area contributed by atoms with E-state index in [9.17, 15) is 22.6 Å². The Balaban J connectivity index is 1.71. The Kier molecular flexibility index (Phi) is 7.75. The molecule has 2 aliphatic heterocycles. The molecule has 2 amide bonds. The first-order valence-electron chi connectivity index (χ1n) is 12.5. The lowest BCUT2D eigenvalue weighted by Crippen LogP contribution is -2.61. The Morgan fingerprint density at radius 3 is 2.44 bits per heavy atom. The van der Waals surface area contributed by atoms with E-state index in [0.717, 1.165) is 18.5 Å². The van der Waals surface area contributed by atoms with Gasteiger partial charge in [0.25, 0.3) is 5.91 Å². The third-order valence-corrected chi connectivity index (χ3v) is 10.3. The highest BCUT2D eigenvalue weighted by Crippen LogP contribution is 2.47. The SMILES string of the molecule is CC(C)(C)OC(=O)NC1=N[C@](C)(c2nc(NC(=O)c3cnc(OC(F)F)cn3)ccc2F)[C@@H]2CCN=[S@]2(=O)C1(C)C. The van der Waals surface area contributed by atoms with Crippen molar-refractivity contribution in [2.75, 3.05) is 11.9 Å². The zero-order valence-corrected chi connectivity index (χ0v) is 24.0. The number of nitrogens with zero attached hydrogens (tertiary/aromatic N) is 5. The number of carbonyl (C=O) groups is 2. The topological polar surface area (TPSA) is 157 Å². The minimum Gasteiger partial charge on any atom is -0.444 e. The van der Waals surface area contributed by atoms with Crippen LogP contribution in [0.1, 0.15) is 64.1 Å². The van der Waals surface area contributed by atoms with Crippen molar-refractivity contribution in [3.63, 3.8) is 0 Å². The highest BCUT2D eigenvalue weighted by molar-refractivity contribution is 7.96. The number of aliphatic imine (C=N–C) groups is 1. The molecule has 4 heterocycles. The summed E-state index contributed by atoms with van der Waals surface area (Å²) in [6.07, 6.45) is 1.27. The zero-order chi connectivity index (χ0) is 30.4. The second-order valence-corrected chi connectivity index (χ2v) is 14.0. The van der Waals surface area contributed by atoms with Gasteiger partial charge in [0.05, 0.1) is 27.4 Å². The van der Waals surface area contributed by atoms with Crippen LogP contribution in [0.25, 0.3) is 0 Å². The molecule has 0 fully saturated rings. The van der Waals surface area contributed by atoms with Gasteiger partial charge in [-0.25, -0.2) is 32.7 Å². The number of pyridine rings is 1. The summed E-state index contributed by atoms with van der Waals surface area (Å²) >= 11 is 0. The normalized spacial score (nSPS) is 25.0. The first-order valence-corrected chi connectivity index (χ1v) is 14.1. The van der Waals surface area contributed by atoms with Crippen LogP contribution in [0.2, 0.25) is 0 Å². The van der Waals surface area contributed by atoms with E-state index in [-0.39, 0.29) is 29.6 Å². The van der Waals surface area contributed by atoms with Gasteiger partial charge in [-0.2, -0.15) is 8.78 Å². The van der Waals surface area contributed by atoms with E-state index < -0.39 is 61.2 Å². The van der Waals surface area contributed by atoms with Gasteiger partial charge in [0.15, 0.2) is 0 Å². The summed E-state index contributed by atoms with van der Waals surface area (Å²) in [5.74, 6) is -2.17. The number of carbonyl (C=O) groups excluding carboxylic acids is 2. The van der Waals surface area contributed by atoms with Crippen LogP contribution in [-0.4, -0.2) is 65.8 Å². The lowest BCUT2D eigenvalue weighted by atomic mass is 9.89. The molecule has 2 aromatic heterocycles. The Labute approximate surface area is 234 Å². The Bertz CT molecular complexity index is 1520. The average Bonchev–Trinajstić information content (AvgIpc) is 3.27. The molecule has 0 spiro atoms. The van der Waals surface area contributed by atoms with Gasteiger partial charge in [-0.1, -0.05) is 0 Å². The number of halogens is 3. The van der Waals surface area contributed by atoms with Gasteiger partial charge in [0, 0.05) is 6.54 Å². The molecule has 12 nitrogen and oxygen atoms in total. The number of rotatable bonds is 5. The van der Waals surface area contributed by atoms with Crippen molar-refractivity contribution in [1.82, 2.24) is 20.3 Å². The maximum absolute atomic E-state index is 15.4. The molecule has 16 heteroatoms. The fraction of sp³-hybridized carbons (Fsp3) is 0.520. The van der Waals surface area contributed by atoms with E-state index >= 15 is 4.39 Å². The monoisotopic (exact) mass is 597 g/mol. The number of hydrogen-bond donors (Lipinski definition) is 2. The third kappa shape index (κ3) is 5.83. The second kappa shape index (κ2) is 10.5. The van der Waals surface area contributed by atoms with Gasteiger partial charge in [0.1, 0.15) is 44.7 Å². The van der Waals surface area contributed by atoms with Crippen molar-refractivity contribution in [2.24, 2.45) is 9.36 Å². The van der Waals surface area contributed by atoms with E-state index in [1.807, 2.05) is 0 Å². The molecule has 0 saturated heterocycles. The smallest absolute Gasteiger partial charge is 0.413 e. The van der Waals surface area contributed by atoms with Crippen molar-refractivity contribution < 1.29 is 36.4 Å². The number of alkyl carbamates (subject to hydrolysis) is 1. The number of alkyl halides is 2. The van der Waals surface area contributed by atoms with Crippen LogP contribution in [0.3, 0.4) is 0 Å². The fourth-order valence-electron chi connectivity index (χ4n) is 4.66. The Morgan fingerprint density at radius 2 is 1.83 bits per heavy atom. The van der Waals surface area contributed by atoms with Gasteiger partial charge in [-0.15, -0.1) is 0 Å². The molecule has 222 valence electrons. The summed E-state index contributed by atoms with van der Waals surface area (Å²) in [5, 5.41) is 4.28. The molecule has 2 aliphatic rings. The van der Waals surface area contributed by atoms with Crippen molar-refractivity contribution in [3.8, 4) is 5.88 Å². The van der Waals surface area contributed by atoms with Crippen LogP contribution >= 0.6 is 0 Å². The van der Waals surface area contributed by atoms with E-state index in [1.165, 1.54) is 6.07 Å². The summed E-state index contributed by atoms with van der Waals surface area (Å²) in [5.41, 5.74) is -2.86. The fourth-order valence-corrected chi connectivity index (χ4v) is 7.83. The summed E-state index contributed by atoms with van der Waals surface area (Å²) in [4.78, 5) is 41.8. The van der Waals surface area contributed by atoms with Crippen LogP contribution in [0, 0.1) is 5.82 Å². The predicted molar refractivity (Wildman–Crippen MR) is 143 cm³/mol. The molecule has 0 aromatic carbocycles. The molecule has 0 unspecified atom stereocenters. The molecule has 0 radical (unpaired) electrons. The highest BCUT2D eigenvalue weighted by Gasteiger charge is 2.58. The maximum Gasteiger partial charge on any atom is 0.413 e. The molecule has 3 atom stereocenters. The average molecular weight is 598 g/mol. The first kappa shape index (κ1) is 30.1. The van der Waals surface area contributed by atoms with Crippen molar-refractivity contribution in [2.45, 2.75) is 75.7 Å². The zero-order valence-electron chi connectivity index (χ0n) is 23.2. The van der Waals surface area contributed by atoms with E-state index in [2.05, 4.69) is 34.7 Å². The molecular formula is C25H30F3N7O5S. The molecule has 4 rings (SSSR count). The number of amidine groups is 1. The summed E-state index contributed by atoms with van der Waals surface area (Å²) < 4.78 is 67.2. The molecule has 0 aliphatic carbocycles. The summed E-state index contributed by atoms with van der Waals surface area (Å²) in [6, 6.07) is 2.27. The Morgan fingerprint density at radius 1 is 1.12 bits per heavy atom. The van der Waals surface area contributed by atoms with Crippen LogP contribution in [0.4, 0.5) is 23.8 Å². The van der Waals surface area contributed by atoms with Gasteiger partial charge >= 0.3 is 12.7 Å². The number of ether oxygens (including phenoxy) is 2. The Hall–Kier alpha value is -3.82. The summed E-state index contributed by atoms with van der Waals surface area (Å²) in [6.45, 7) is 7.02. The van der Waals surface area contributed by atoms with Crippen LogP contribution in [-0.2, 0) is 20.0 Å². The predicted octanol–water partition coefficient (Wildman–Crippen LogP) is 4.04. The first-order chi connectivity index (χ1) is 19.0. The summed E-state index contributed by atoms with van der Waals surface area (Å²) in [7, 11) is -3.13. The lowest BCUT2D eigenvalue weighted by molar-refractivity contribution is -0.0531. The van der Waals surface area contributed by atoms with Gasteiger partial charge in [-0.05, 0) is 60.1 Å². The van der Waals surface area contributed by atoms with Crippen LogP contribution < -0.4 is 15.4 Å². The molecule has 2 N–H and O–H groups in total. The quantitative estimate of drug-likeness (QED) is 0.523. The van der Waals surface area contributed by atoms with Gasteiger partial charge in [0.2, 0.25) is 5.88 Å². The molecule has 0 saturated carbocycles. The second-order valence-electron chi connectivity index (χ2n) is 11.0. The van der Waals surface area contributed by atoms with Crippen LogP contribution in [0.5, 0.6) is 5.88 Å². The highest BCUT2D eigenvalue weighted by atomic mass is 32.2. The van der Waals surface area contributed by atoms with E-state index in [1.54, 1.807) is 41.5 Å². The van der Waals surface area contributed by atoms with Crippen LogP contribution in [0.15, 0.2) is 33.9 Å². The number of anilines is 1. The van der Waals surface area contributed by atoms with Gasteiger partial charge < -0.3 is 14.8 Å². The van der Waals surface area contributed by atoms with Crippen molar-refractivity contribution in [3.05, 3.63) is 41.7 Å². The molecule has 41 heavy (non-hydrogen) atoms. The van der Waals surface area contributed by atoms with Crippen molar-refractivity contribution in [1.29, 1.82) is 0 Å². The number of amides is 2.